The van der Waals surface area contributed by atoms with Crippen molar-refractivity contribution in [2.45, 2.75) is 19.6 Å². The molecule has 9 heteroatoms. The minimum absolute atomic E-state index is 0.0119. The summed E-state index contributed by atoms with van der Waals surface area (Å²) in [6.07, 6.45) is 0.865. The third-order valence-corrected chi connectivity index (χ3v) is 4.73. The Labute approximate surface area is 170 Å². The molecule has 0 spiro atoms. The highest BCUT2D eigenvalue weighted by atomic mass is 19.2. The van der Waals surface area contributed by atoms with E-state index in [1.165, 1.54) is 18.2 Å². The van der Waals surface area contributed by atoms with Crippen LogP contribution in [0, 0.1) is 17.5 Å². The molecular formula is C21H18F3N3O3. The largest absolute Gasteiger partial charge is 0.473 e. The van der Waals surface area contributed by atoms with Gasteiger partial charge in [0.1, 0.15) is 18.2 Å². The first-order valence-electron chi connectivity index (χ1n) is 9.28. The van der Waals surface area contributed by atoms with Crippen LogP contribution >= 0.6 is 0 Å². The van der Waals surface area contributed by atoms with Crippen LogP contribution < -0.4 is 20.1 Å². The molecule has 0 saturated carbocycles. The first-order chi connectivity index (χ1) is 14.4. The topological polar surface area (TPSA) is 56.6 Å². The summed E-state index contributed by atoms with van der Waals surface area (Å²) in [7, 11) is 1.88. The van der Waals surface area contributed by atoms with Crippen LogP contribution in [0.1, 0.15) is 12.0 Å². The first kappa shape index (κ1) is 19.8. The fourth-order valence-corrected chi connectivity index (χ4v) is 3.20. The summed E-state index contributed by atoms with van der Waals surface area (Å²) in [5.74, 6) is -2.09. The molecule has 6 nitrogen and oxygen atoms in total. The van der Waals surface area contributed by atoms with Gasteiger partial charge in [0.2, 0.25) is 5.88 Å². The van der Waals surface area contributed by atoms with Gasteiger partial charge in [0.15, 0.2) is 23.2 Å². The van der Waals surface area contributed by atoms with Crippen LogP contribution in [-0.2, 0) is 13.2 Å². The Morgan fingerprint density at radius 3 is 2.60 bits per heavy atom. The third-order valence-electron chi connectivity index (χ3n) is 4.73. The Hall–Kier alpha value is -3.49. The average molecular weight is 417 g/mol. The molecule has 0 amide bonds. The number of hydrogen-bond donors (Lipinski definition) is 0. The van der Waals surface area contributed by atoms with E-state index in [1.807, 2.05) is 11.9 Å². The van der Waals surface area contributed by atoms with Crippen LogP contribution in [0.15, 0.2) is 47.3 Å². The summed E-state index contributed by atoms with van der Waals surface area (Å²) in [6, 6.07) is 8.74. The number of fused-ring (bicyclic) bond motifs is 1. The summed E-state index contributed by atoms with van der Waals surface area (Å²) >= 11 is 0. The van der Waals surface area contributed by atoms with Crippen molar-refractivity contribution < 1.29 is 22.6 Å². The number of anilines is 1. The second-order valence-electron chi connectivity index (χ2n) is 6.89. The van der Waals surface area contributed by atoms with Gasteiger partial charge in [-0.2, -0.15) is 4.98 Å². The molecule has 2 heterocycles. The van der Waals surface area contributed by atoms with Crippen LogP contribution in [0.3, 0.4) is 0 Å². The van der Waals surface area contributed by atoms with Gasteiger partial charge >= 0.3 is 5.69 Å². The molecule has 2 aromatic carbocycles. The molecule has 156 valence electrons. The van der Waals surface area contributed by atoms with Crippen LogP contribution in [0.5, 0.6) is 17.4 Å². The molecule has 3 aromatic rings. The molecule has 0 atom stereocenters. The molecule has 30 heavy (non-hydrogen) atoms. The average Bonchev–Trinajstić information content (AvgIpc) is 2.72. The van der Waals surface area contributed by atoms with Crippen LogP contribution in [0.25, 0.3) is 0 Å². The molecule has 0 saturated heterocycles. The van der Waals surface area contributed by atoms with Gasteiger partial charge in [0, 0.05) is 32.3 Å². The fraction of sp³-hybridized carbons (Fsp3) is 0.238. The highest BCUT2D eigenvalue weighted by Crippen LogP contribution is 2.27. The number of ether oxygens (including phenoxy) is 2. The maximum atomic E-state index is 14.4. The summed E-state index contributed by atoms with van der Waals surface area (Å²) < 4.78 is 53.0. The smallest absolute Gasteiger partial charge is 0.352 e. The maximum absolute atomic E-state index is 14.4. The zero-order valence-electron chi connectivity index (χ0n) is 16.1. The SMILES string of the molecule is CN1CCCn2c1cc(OCc1ccc(Oc3ccc(F)c(F)c3)c(F)c1)nc2=O. The summed E-state index contributed by atoms with van der Waals surface area (Å²) in [5, 5.41) is 0. The van der Waals surface area contributed by atoms with Gasteiger partial charge in [-0.25, -0.2) is 18.0 Å². The molecule has 0 N–H and O–H groups in total. The van der Waals surface area contributed by atoms with Gasteiger partial charge in [-0.1, -0.05) is 6.07 Å². The summed E-state index contributed by atoms with van der Waals surface area (Å²) in [6.45, 7) is 1.42. The molecular weight excluding hydrogens is 399 g/mol. The quantitative estimate of drug-likeness (QED) is 0.631. The monoisotopic (exact) mass is 417 g/mol. The predicted molar refractivity (Wildman–Crippen MR) is 104 cm³/mol. The Balaban J connectivity index is 1.46. The van der Waals surface area contributed by atoms with Gasteiger partial charge in [0.25, 0.3) is 0 Å². The molecule has 0 aliphatic carbocycles. The van der Waals surface area contributed by atoms with Crippen molar-refractivity contribution in [3.63, 3.8) is 0 Å². The van der Waals surface area contributed by atoms with Crippen LogP contribution in [0.2, 0.25) is 0 Å². The standard InChI is InChI=1S/C21H18F3N3O3/c1-26-7-2-8-27-20(26)11-19(25-21(27)28)29-12-13-3-6-18(17(24)9-13)30-14-4-5-15(22)16(23)10-14/h3-6,9-11H,2,7-8,12H2,1H3. The first-order valence-corrected chi connectivity index (χ1v) is 9.28. The van der Waals surface area contributed by atoms with E-state index in [0.29, 0.717) is 12.1 Å². The highest BCUT2D eigenvalue weighted by molar-refractivity contribution is 5.42. The molecule has 1 aromatic heterocycles. The lowest BCUT2D eigenvalue weighted by molar-refractivity contribution is 0.289. The van der Waals surface area contributed by atoms with E-state index >= 15 is 0 Å². The zero-order valence-corrected chi connectivity index (χ0v) is 16.1. The number of rotatable bonds is 5. The van der Waals surface area contributed by atoms with E-state index in [2.05, 4.69) is 4.98 Å². The molecule has 0 radical (unpaired) electrons. The molecule has 0 unspecified atom stereocenters. The Kier molecular flexibility index (Phi) is 5.35. The van der Waals surface area contributed by atoms with Crippen LogP contribution in [0.4, 0.5) is 19.0 Å². The molecule has 1 aliphatic heterocycles. The van der Waals surface area contributed by atoms with Crippen molar-refractivity contribution >= 4 is 5.82 Å². The molecule has 0 bridgehead atoms. The van der Waals surface area contributed by atoms with Gasteiger partial charge in [0.05, 0.1) is 0 Å². The van der Waals surface area contributed by atoms with E-state index in [9.17, 15) is 18.0 Å². The van der Waals surface area contributed by atoms with E-state index in [-0.39, 0.29) is 24.0 Å². The second-order valence-corrected chi connectivity index (χ2v) is 6.89. The molecule has 1 aliphatic rings. The second kappa shape index (κ2) is 8.10. The van der Waals surface area contributed by atoms with Crippen molar-refractivity contribution in [3.05, 3.63) is 76.0 Å². The van der Waals surface area contributed by atoms with Crippen LogP contribution in [-0.4, -0.2) is 23.1 Å². The maximum Gasteiger partial charge on any atom is 0.352 e. The van der Waals surface area contributed by atoms with E-state index in [4.69, 9.17) is 9.47 Å². The number of hydrogen-bond acceptors (Lipinski definition) is 5. The Morgan fingerprint density at radius 1 is 1.00 bits per heavy atom. The van der Waals surface area contributed by atoms with Crippen molar-refractivity contribution in [2.24, 2.45) is 0 Å². The summed E-state index contributed by atoms with van der Waals surface area (Å²) in [5.41, 5.74) is 0.0913. The summed E-state index contributed by atoms with van der Waals surface area (Å²) in [4.78, 5) is 18.0. The van der Waals surface area contributed by atoms with Gasteiger partial charge in [-0.3, -0.25) is 4.57 Å². The van der Waals surface area contributed by atoms with Crippen molar-refractivity contribution in [3.8, 4) is 17.4 Å². The lowest BCUT2D eigenvalue weighted by Gasteiger charge is -2.28. The van der Waals surface area contributed by atoms with E-state index in [0.717, 1.165) is 30.9 Å². The zero-order chi connectivity index (χ0) is 21.3. The number of nitrogens with zero attached hydrogens (tertiary/aromatic N) is 3. The minimum Gasteiger partial charge on any atom is -0.473 e. The normalized spacial score (nSPS) is 13.1. The molecule has 0 fully saturated rings. The van der Waals surface area contributed by atoms with Crippen molar-refractivity contribution in [2.75, 3.05) is 18.5 Å². The van der Waals surface area contributed by atoms with Gasteiger partial charge in [-0.15, -0.1) is 0 Å². The predicted octanol–water partition coefficient (Wildman–Crippen LogP) is 3.87. The number of benzene rings is 2. The Morgan fingerprint density at radius 2 is 1.83 bits per heavy atom. The van der Waals surface area contributed by atoms with Crippen molar-refractivity contribution in [1.29, 1.82) is 0 Å². The molecule has 4 rings (SSSR count). The van der Waals surface area contributed by atoms with Gasteiger partial charge in [-0.05, 0) is 36.2 Å². The number of halogens is 3. The van der Waals surface area contributed by atoms with Crippen molar-refractivity contribution in [1.82, 2.24) is 9.55 Å². The number of aromatic nitrogens is 2. The lowest BCUT2D eigenvalue weighted by atomic mass is 10.2. The fourth-order valence-electron chi connectivity index (χ4n) is 3.20. The highest BCUT2D eigenvalue weighted by Gasteiger charge is 2.17. The Bertz CT molecular complexity index is 1150. The lowest BCUT2D eigenvalue weighted by Crippen LogP contribution is -2.36. The third kappa shape index (κ3) is 4.10. The van der Waals surface area contributed by atoms with E-state index in [1.54, 1.807) is 16.7 Å². The van der Waals surface area contributed by atoms with Gasteiger partial charge < -0.3 is 14.4 Å². The van der Waals surface area contributed by atoms with E-state index < -0.39 is 23.1 Å². The minimum atomic E-state index is -1.09.